The van der Waals surface area contributed by atoms with Crippen molar-refractivity contribution in [1.29, 1.82) is 0 Å². The van der Waals surface area contributed by atoms with Gasteiger partial charge in [-0.1, -0.05) is 0 Å². The number of benzene rings is 1. The first-order valence-corrected chi connectivity index (χ1v) is 4.19. The van der Waals surface area contributed by atoms with Crippen molar-refractivity contribution in [3.8, 4) is 11.5 Å². The lowest BCUT2D eigenvalue weighted by Gasteiger charge is -2.10. The van der Waals surface area contributed by atoms with Gasteiger partial charge in [0.15, 0.2) is 17.3 Å². The molecule has 0 aliphatic rings. The zero-order chi connectivity index (χ0) is 11.4. The molecule has 0 aromatic heterocycles. The molecular weight excluding hydrogens is 209 g/mol. The zero-order valence-corrected chi connectivity index (χ0v) is 7.91. The van der Waals surface area contributed by atoms with Gasteiger partial charge in [0.25, 0.3) is 0 Å². The van der Waals surface area contributed by atoms with E-state index in [1.807, 2.05) is 0 Å². The maximum Gasteiger partial charge on any atom is 0.707 e. The minimum absolute atomic E-state index is 0.198. The van der Waals surface area contributed by atoms with Crippen molar-refractivity contribution in [1.82, 2.24) is 0 Å². The molecule has 0 radical (unpaired) electrons. The minimum Gasteiger partial charge on any atom is -0.507 e. The molecule has 15 heavy (non-hydrogen) atoms. The minimum atomic E-state index is -2.29. The molecule has 0 spiro atoms. The molecule has 0 aliphatic carbocycles. The highest BCUT2D eigenvalue weighted by atomic mass is 19.1. The summed E-state index contributed by atoms with van der Waals surface area (Å²) in [7, 11) is -2.29. The first kappa shape index (κ1) is 11.7. The average Bonchev–Trinajstić information content (AvgIpc) is 2.17. The van der Waals surface area contributed by atoms with Gasteiger partial charge in [-0.2, -0.15) is 4.39 Å². The molecule has 0 bridgehead atoms. The molecule has 0 saturated carbocycles. The molecule has 1 aromatic carbocycles. The number of halogens is 2. The molecule has 0 atom stereocenters. The van der Waals surface area contributed by atoms with Crippen LogP contribution in [0.15, 0.2) is 12.1 Å². The first-order chi connectivity index (χ1) is 7.06. The van der Waals surface area contributed by atoms with E-state index in [2.05, 4.69) is 4.65 Å². The second-order valence-corrected chi connectivity index (χ2v) is 2.57. The van der Waals surface area contributed by atoms with Crippen LogP contribution in [0.5, 0.6) is 11.5 Å². The summed E-state index contributed by atoms with van der Waals surface area (Å²) in [5.74, 6) is -3.24. The van der Waals surface area contributed by atoms with E-state index < -0.39 is 24.7 Å². The maximum absolute atomic E-state index is 13.4. The van der Waals surface area contributed by atoms with Crippen LogP contribution in [0.25, 0.3) is 0 Å². The predicted octanol–water partition coefficient (Wildman–Crippen LogP) is 0.712. The summed E-state index contributed by atoms with van der Waals surface area (Å²) in [6.07, 6.45) is 0. The molecular formula is C8H9BF2O4. The van der Waals surface area contributed by atoms with E-state index >= 15 is 0 Å². The third-order valence-electron chi connectivity index (χ3n) is 1.54. The molecule has 4 nitrogen and oxygen atoms in total. The van der Waals surface area contributed by atoms with E-state index in [0.717, 1.165) is 12.1 Å². The Morgan fingerprint density at radius 3 is 2.53 bits per heavy atom. The van der Waals surface area contributed by atoms with Gasteiger partial charge in [-0.15, -0.1) is 0 Å². The molecule has 1 rings (SSSR count). The fourth-order valence-electron chi connectivity index (χ4n) is 0.995. The Hall–Kier alpha value is -1.34. The van der Waals surface area contributed by atoms with Crippen LogP contribution in [-0.4, -0.2) is 24.0 Å². The highest BCUT2D eigenvalue weighted by Crippen LogP contribution is 2.29. The topological polar surface area (TPSA) is 58.9 Å². The van der Waals surface area contributed by atoms with Crippen molar-refractivity contribution in [3.63, 3.8) is 0 Å². The third-order valence-corrected chi connectivity index (χ3v) is 1.54. The van der Waals surface area contributed by atoms with E-state index in [9.17, 15) is 8.78 Å². The van der Waals surface area contributed by atoms with Crippen LogP contribution < -0.4 is 9.39 Å². The largest absolute Gasteiger partial charge is 0.707 e. The van der Waals surface area contributed by atoms with Gasteiger partial charge in [0.1, 0.15) is 0 Å². The number of rotatable bonds is 4. The summed E-state index contributed by atoms with van der Waals surface area (Å²) in [6.45, 7) is 1.83. The molecule has 0 fully saturated rings. The Balaban J connectivity index is 3.06. The zero-order valence-electron chi connectivity index (χ0n) is 7.91. The van der Waals surface area contributed by atoms with Crippen LogP contribution >= 0.6 is 0 Å². The number of hydrogen-bond donors (Lipinski definition) is 2. The Kier molecular flexibility index (Phi) is 3.87. The first-order valence-electron chi connectivity index (χ1n) is 4.19. The van der Waals surface area contributed by atoms with Crippen LogP contribution in [0.2, 0.25) is 0 Å². The van der Waals surface area contributed by atoms with Crippen LogP contribution in [0.4, 0.5) is 8.78 Å². The molecule has 0 amide bonds. The van der Waals surface area contributed by atoms with Crippen molar-refractivity contribution in [2.75, 3.05) is 6.61 Å². The van der Waals surface area contributed by atoms with E-state index in [-0.39, 0.29) is 12.4 Å². The van der Waals surface area contributed by atoms with Gasteiger partial charge in [-0.25, -0.2) is 4.39 Å². The van der Waals surface area contributed by atoms with Gasteiger partial charge < -0.3 is 19.4 Å². The predicted molar refractivity (Wildman–Crippen MR) is 48.3 cm³/mol. The van der Waals surface area contributed by atoms with E-state index in [4.69, 9.17) is 14.8 Å². The summed E-state index contributed by atoms with van der Waals surface area (Å²) in [6, 6.07) is 2.00. The average molecular weight is 218 g/mol. The van der Waals surface area contributed by atoms with Crippen LogP contribution in [0.1, 0.15) is 6.92 Å². The molecule has 82 valence electrons. The monoisotopic (exact) mass is 218 g/mol. The molecule has 0 aliphatic heterocycles. The normalized spacial score (nSPS) is 9.93. The van der Waals surface area contributed by atoms with Gasteiger partial charge in [-0.05, 0) is 19.1 Å². The highest BCUT2D eigenvalue weighted by Gasteiger charge is 2.21. The fraction of sp³-hybridized carbons (Fsp3) is 0.250. The Morgan fingerprint density at radius 1 is 1.33 bits per heavy atom. The van der Waals surface area contributed by atoms with Crippen LogP contribution in [0.3, 0.4) is 0 Å². The van der Waals surface area contributed by atoms with E-state index in [1.165, 1.54) is 0 Å². The molecule has 0 saturated heterocycles. The lowest BCUT2D eigenvalue weighted by Crippen LogP contribution is -2.22. The van der Waals surface area contributed by atoms with Crippen molar-refractivity contribution in [2.45, 2.75) is 6.92 Å². The van der Waals surface area contributed by atoms with Crippen molar-refractivity contribution in [2.24, 2.45) is 0 Å². The quantitative estimate of drug-likeness (QED) is 0.730. The van der Waals surface area contributed by atoms with Crippen LogP contribution in [0, 0.1) is 11.6 Å². The number of ether oxygens (including phenoxy) is 1. The summed E-state index contributed by atoms with van der Waals surface area (Å²) in [5.41, 5.74) is 0. The maximum atomic E-state index is 13.4. The third kappa shape index (κ3) is 2.80. The lowest BCUT2D eigenvalue weighted by atomic mass is 10.2. The van der Waals surface area contributed by atoms with Crippen molar-refractivity contribution >= 4 is 7.32 Å². The lowest BCUT2D eigenvalue weighted by molar-refractivity contribution is 0.267. The molecule has 7 heteroatoms. The summed E-state index contributed by atoms with van der Waals surface area (Å²) in [4.78, 5) is 0. The second-order valence-electron chi connectivity index (χ2n) is 2.57. The van der Waals surface area contributed by atoms with Gasteiger partial charge in [-0.3, -0.25) is 0 Å². The van der Waals surface area contributed by atoms with Gasteiger partial charge in [0.05, 0.1) is 6.61 Å². The Labute approximate surface area is 85.2 Å². The second kappa shape index (κ2) is 4.95. The fourth-order valence-corrected chi connectivity index (χ4v) is 0.995. The molecule has 1 aromatic rings. The SMILES string of the molecule is CCOc1ccc(F)c(OB(O)O)c1F. The summed E-state index contributed by atoms with van der Waals surface area (Å²) < 4.78 is 35.3. The highest BCUT2D eigenvalue weighted by molar-refractivity contribution is 6.33. The van der Waals surface area contributed by atoms with Gasteiger partial charge in [0.2, 0.25) is 5.82 Å². The summed E-state index contributed by atoms with van der Waals surface area (Å²) in [5, 5.41) is 16.9. The standard InChI is InChI=1S/C8H9BF2O4/c1-2-14-6-4-3-5(10)8(7(6)11)15-9(12)13/h3-4,12-13H,2H2,1H3. The van der Waals surface area contributed by atoms with Gasteiger partial charge in [0, 0.05) is 0 Å². The Morgan fingerprint density at radius 2 is 2.00 bits per heavy atom. The number of hydrogen-bond acceptors (Lipinski definition) is 4. The molecule has 0 heterocycles. The van der Waals surface area contributed by atoms with Crippen molar-refractivity contribution in [3.05, 3.63) is 23.8 Å². The van der Waals surface area contributed by atoms with Gasteiger partial charge >= 0.3 is 7.32 Å². The molecule has 0 unspecified atom stereocenters. The van der Waals surface area contributed by atoms with Crippen molar-refractivity contribution < 1.29 is 28.2 Å². The molecule has 2 N–H and O–H groups in total. The van der Waals surface area contributed by atoms with Crippen LogP contribution in [-0.2, 0) is 0 Å². The van der Waals surface area contributed by atoms with E-state index in [1.54, 1.807) is 6.92 Å². The summed E-state index contributed by atoms with van der Waals surface area (Å²) >= 11 is 0. The van der Waals surface area contributed by atoms with E-state index in [0.29, 0.717) is 0 Å². The Bertz CT molecular complexity index is 346. The smallest absolute Gasteiger partial charge is 0.507 e.